The molecule has 1 aromatic rings. The first-order valence-corrected chi connectivity index (χ1v) is 12.0. The van der Waals surface area contributed by atoms with Crippen LogP contribution < -0.4 is 0 Å². The Bertz CT molecular complexity index is 974. The number of likely N-dealkylation sites (N-methyl/N-ethyl adjacent to an activating group) is 1. The Morgan fingerprint density at radius 1 is 1.08 bits per heavy atom. The van der Waals surface area contributed by atoms with Crippen molar-refractivity contribution in [3.8, 4) is 0 Å². The number of likely N-dealkylation sites (tertiary alicyclic amines) is 1. The van der Waals surface area contributed by atoms with Gasteiger partial charge in [0.25, 0.3) is 0 Å². The van der Waals surface area contributed by atoms with Crippen LogP contribution in [0.4, 0.5) is 26.3 Å². The van der Waals surface area contributed by atoms with Crippen LogP contribution >= 0.6 is 0 Å². The number of halogens is 6. The van der Waals surface area contributed by atoms with E-state index in [9.17, 15) is 34.8 Å². The number of aliphatic carboxylic acids is 2. The maximum Gasteiger partial charge on any atom is 0.490 e. The van der Waals surface area contributed by atoms with Crippen LogP contribution in [-0.2, 0) is 24.3 Å². The van der Waals surface area contributed by atoms with Crippen molar-refractivity contribution in [2.24, 2.45) is 0 Å². The smallest absolute Gasteiger partial charge is 0.475 e. The number of hydrogen-bond acceptors (Lipinski definition) is 7. The highest BCUT2D eigenvalue weighted by atomic mass is 32.2. The minimum absolute atomic E-state index is 0.129. The number of alkyl halides is 6. The summed E-state index contributed by atoms with van der Waals surface area (Å²) >= 11 is 0. The summed E-state index contributed by atoms with van der Waals surface area (Å²) in [6, 6.07) is 3.73. The molecule has 0 bridgehead atoms. The highest BCUT2D eigenvalue weighted by Gasteiger charge is 2.47. The lowest BCUT2D eigenvalue weighted by molar-refractivity contribution is -0.193. The molecule has 1 unspecified atom stereocenters. The molecule has 0 saturated carbocycles. The Kier molecular flexibility index (Phi) is 11.3. The molecule has 2 saturated heterocycles. The van der Waals surface area contributed by atoms with Crippen LogP contribution in [0.25, 0.3) is 0 Å². The van der Waals surface area contributed by atoms with Crippen molar-refractivity contribution in [1.29, 1.82) is 0 Å². The molecule has 37 heavy (non-hydrogen) atoms. The predicted octanol–water partition coefficient (Wildman–Crippen LogP) is 2.61. The lowest BCUT2D eigenvalue weighted by Gasteiger charge is -2.44. The van der Waals surface area contributed by atoms with E-state index in [1.54, 1.807) is 29.7 Å². The summed E-state index contributed by atoms with van der Waals surface area (Å²) < 4.78 is 95.8. The van der Waals surface area contributed by atoms with E-state index in [1.807, 2.05) is 0 Å². The number of carboxylic acid groups (broad SMARTS) is 2. The molecule has 10 nitrogen and oxygen atoms in total. The van der Waals surface area contributed by atoms with Gasteiger partial charge in [-0.2, -0.15) is 30.6 Å². The average Bonchev–Trinajstić information content (AvgIpc) is 3.09. The maximum atomic E-state index is 12.7. The fourth-order valence-electron chi connectivity index (χ4n) is 3.97. The van der Waals surface area contributed by atoms with E-state index < -0.39 is 34.3 Å². The van der Waals surface area contributed by atoms with Crippen molar-refractivity contribution in [3.63, 3.8) is 0 Å². The van der Waals surface area contributed by atoms with Crippen molar-refractivity contribution in [3.05, 3.63) is 24.5 Å². The number of carbonyl (C=O) groups is 2. The fourth-order valence-corrected chi connectivity index (χ4v) is 5.38. The van der Waals surface area contributed by atoms with E-state index in [1.165, 1.54) is 6.20 Å². The zero-order chi connectivity index (χ0) is 28.7. The standard InChI is InChI=1S/C16H25N3O3S.2C2HF3O2/c1-18-14(13-22-2)5-6-16(18)7-10-19(11-8-16)23(20,21)15-4-3-9-17-12-15;2*3-2(4,5)1(6)7/h3-4,9,12,14H,5-8,10-11,13H2,1-2H3;2*(H,6,7). The van der Waals surface area contributed by atoms with Crippen molar-refractivity contribution in [2.45, 2.75) is 54.5 Å². The van der Waals surface area contributed by atoms with E-state index >= 15 is 0 Å². The molecule has 1 atom stereocenters. The average molecular weight is 568 g/mol. The van der Waals surface area contributed by atoms with Gasteiger partial charge in [0.15, 0.2) is 0 Å². The number of rotatable bonds is 4. The second-order valence-corrected chi connectivity index (χ2v) is 10.1. The van der Waals surface area contributed by atoms with Crippen LogP contribution in [0.1, 0.15) is 25.7 Å². The summed E-state index contributed by atoms with van der Waals surface area (Å²) in [6.07, 6.45) is -3.14. The van der Waals surface area contributed by atoms with E-state index in [0.717, 1.165) is 32.3 Å². The van der Waals surface area contributed by atoms with Crippen LogP contribution in [0.5, 0.6) is 0 Å². The number of ether oxygens (including phenoxy) is 1. The third kappa shape index (κ3) is 9.08. The van der Waals surface area contributed by atoms with Gasteiger partial charge < -0.3 is 14.9 Å². The predicted molar refractivity (Wildman–Crippen MR) is 115 cm³/mol. The number of pyridine rings is 1. The highest BCUT2D eigenvalue weighted by Crippen LogP contribution is 2.41. The summed E-state index contributed by atoms with van der Waals surface area (Å²) in [6.45, 7) is 1.89. The Labute approximate surface area is 208 Å². The number of aromatic nitrogens is 1. The minimum atomic E-state index is -5.08. The monoisotopic (exact) mass is 567 g/mol. The first-order chi connectivity index (χ1) is 16.9. The van der Waals surface area contributed by atoms with Gasteiger partial charge in [0.1, 0.15) is 4.90 Å². The summed E-state index contributed by atoms with van der Waals surface area (Å²) in [5.41, 5.74) is 0.129. The number of nitrogens with zero attached hydrogens (tertiary/aromatic N) is 3. The van der Waals surface area contributed by atoms with Crippen LogP contribution in [0.2, 0.25) is 0 Å². The van der Waals surface area contributed by atoms with Gasteiger partial charge in [0, 0.05) is 44.2 Å². The number of carboxylic acids is 2. The summed E-state index contributed by atoms with van der Waals surface area (Å²) in [4.78, 5) is 24.4. The van der Waals surface area contributed by atoms with Gasteiger partial charge in [0.05, 0.1) is 6.61 Å². The molecule has 212 valence electrons. The van der Waals surface area contributed by atoms with Crippen molar-refractivity contribution in [2.75, 3.05) is 33.9 Å². The Balaban J connectivity index is 0.000000404. The van der Waals surface area contributed by atoms with Crippen molar-refractivity contribution < 1.29 is 59.3 Å². The molecular formula is C20H27F6N3O7S. The molecule has 2 fully saturated rings. The van der Waals surface area contributed by atoms with Crippen molar-refractivity contribution in [1.82, 2.24) is 14.2 Å². The second kappa shape index (κ2) is 12.8. The molecule has 2 aliphatic rings. The fraction of sp³-hybridized carbons (Fsp3) is 0.650. The van der Waals surface area contributed by atoms with Gasteiger partial charge in [-0.1, -0.05) is 0 Å². The second-order valence-electron chi connectivity index (χ2n) is 8.18. The molecular weight excluding hydrogens is 540 g/mol. The van der Waals surface area contributed by atoms with Gasteiger partial charge in [-0.15, -0.1) is 0 Å². The summed E-state index contributed by atoms with van der Waals surface area (Å²) in [5, 5.41) is 14.2. The van der Waals surface area contributed by atoms with Crippen LogP contribution in [0, 0.1) is 0 Å². The SMILES string of the molecule is COCC1CCC2(CCN(S(=O)(=O)c3cccnc3)CC2)N1C.O=C(O)C(F)(F)F.O=C(O)C(F)(F)F. The zero-order valence-corrected chi connectivity index (χ0v) is 20.6. The molecule has 3 rings (SSSR count). The molecule has 2 N–H and O–H groups in total. The molecule has 17 heteroatoms. The van der Waals surface area contributed by atoms with E-state index in [2.05, 4.69) is 16.9 Å². The Morgan fingerprint density at radius 3 is 1.95 bits per heavy atom. The Hall–Kier alpha value is -2.50. The molecule has 0 radical (unpaired) electrons. The molecule has 2 aliphatic heterocycles. The zero-order valence-electron chi connectivity index (χ0n) is 19.8. The quantitative estimate of drug-likeness (QED) is 0.526. The van der Waals surface area contributed by atoms with Crippen LogP contribution in [0.3, 0.4) is 0 Å². The first kappa shape index (κ1) is 32.5. The van der Waals surface area contributed by atoms with Crippen LogP contribution in [-0.4, -0.2) is 103 Å². The topological polar surface area (TPSA) is 137 Å². The van der Waals surface area contributed by atoms with E-state index in [4.69, 9.17) is 24.5 Å². The van der Waals surface area contributed by atoms with Gasteiger partial charge in [-0.3, -0.25) is 9.88 Å². The number of sulfonamides is 1. The van der Waals surface area contributed by atoms with Gasteiger partial charge in [-0.25, -0.2) is 18.0 Å². The number of methoxy groups -OCH3 is 1. The molecule has 0 amide bonds. The number of piperidine rings is 1. The van der Waals surface area contributed by atoms with Crippen LogP contribution in [0.15, 0.2) is 29.4 Å². The van der Waals surface area contributed by atoms with Gasteiger partial charge in [-0.05, 0) is 44.9 Å². The summed E-state index contributed by atoms with van der Waals surface area (Å²) in [5.74, 6) is -5.51. The summed E-state index contributed by atoms with van der Waals surface area (Å²) in [7, 11) is 0.471. The minimum Gasteiger partial charge on any atom is -0.475 e. The molecule has 0 aliphatic carbocycles. The normalized spacial score (nSPS) is 20.4. The largest absolute Gasteiger partial charge is 0.490 e. The molecule has 0 aromatic carbocycles. The molecule has 3 heterocycles. The third-order valence-corrected chi connectivity index (χ3v) is 7.89. The first-order valence-electron chi connectivity index (χ1n) is 10.6. The van der Waals surface area contributed by atoms with E-state index in [-0.39, 0.29) is 10.4 Å². The Morgan fingerprint density at radius 2 is 1.57 bits per heavy atom. The lowest BCUT2D eigenvalue weighted by atomic mass is 9.86. The maximum absolute atomic E-state index is 12.7. The number of hydrogen-bond donors (Lipinski definition) is 2. The third-order valence-electron chi connectivity index (χ3n) is 6.01. The molecule has 1 spiro atoms. The van der Waals surface area contributed by atoms with Crippen molar-refractivity contribution >= 4 is 22.0 Å². The van der Waals surface area contributed by atoms with Gasteiger partial charge >= 0.3 is 24.3 Å². The highest BCUT2D eigenvalue weighted by molar-refractivity contribution is 7.89. The van der Waals surface area contributed by atoms with E-state index in [0.29, 0.717) is 19.1 Å². The lowest BCUT2D eigenvalue weighted by Crippen LogP contribution is -2.53. The van der Waals surface area contributed by atoms with Gasteiger partial charge in [0.2, 0.25) is 10.0 Å². The molecule has 1 aromatic heterocycles.